The number of ether oxygens (including phenoxy) is 3. The van der Waals surface area contributed by atoms with Crippen LogP contribution in [0.25, 0.3) is 0 Å². The second kappa shape index (κ2) is 8.65. The van der Waals surface area contributed by atoms with Gasteiger partial charge in [0, 0.05) is 18.8 Å². The fourth-order valence-corrected chi connectivity index (χ4v) is 2.63. The molecule has 1 N–H and O–H groups in total. The van der Waals surface area contributed by atoms with Crippen molar-refractivity contribution >= 4 is 17.6 Å². The number of anilines is 1. The summed E-state index contributed by atoms with van der Waals surface area (Å²) >= 11 is 0. The summed E-state index contributed by atoms with van der Waals surface area (Å²) in [5.41, 5.74) is 1.10. The largest absolute Gasteiger partial charge is 0.497 e. The maximum absolute atomic E-state index is 13.0. The molecular weight excluding hydrogens is 362 g/mol. The smallest absolute Gasteiger partial charge is 0.341 e. The molecule has 0 spiro atoms. The highest BCUT2D eigenvalue weighted by Crippen LogP contribution is 2.32. The molecular formula is C21H23NO6. The van der Waals surface area contributed by atoms with Crippen LogP contribution in [0, 0.1) is 5.92 Å². The van der Waals surface area contributed by atoms with Gasteiger partial charge < -0.3 is 24.2 Å². The fourth-order valence-electron chi connectivity index (χ4n) is 2.63. The lowest BCUT2D eigenvalue weighted by molar-refractivity contribution is -0.139. The number of benzene rings is 2. The Morgan fingerprint density at radius 3 is 2.36 bits per heavy atom. The van der Waals surface area contributed by atoms with E-state index in [9.17, 15) is 9.59 Å². The molecule has 0 heterocycles. The van der Waals surface area contributed by atoms with Gasteiger partial charge in [0.1, 0.15) is 17.2 Å². The van der Waals surface area contributed by atoms with Crippen molar-refractivity contribution in [1.29, 1.82) is 0 Å². The van der Waals surface area contributed by atoms with Crippen molar-refractivity contribution in [3.63, 3.8) is 0 Å². The number of rotatable bonds is 9. The third kappa shape index (κ3) is 4.94. The van der Waals surface area contributed by atoms with Crippen LogP contribution in [0.15, 0.2) is 42.5 Å². The maximum atomic E-state index is 13.0. The third-order valence-corrected chi connectivity index (χ3v) is 4.48. The lowest BCUT2D eigenvalue weighted by Gasteiger charge is -2.20. The second-order valence-corrected chi connectivity index (χ2v) is 6.66. The van der Waals surface area contributed by atoms with Gasteiger partial charge in [-0.1, -0.05) is 0 Å². The van der Waals surface area contributed by atoms with Crippen molar-refractivity contribution in [2.24, 2.45) is 5.92 Å². The number of carboxylic acid groups (broad SMARTS) is 1. The number of hydrogen-bond donors (Lipinski definition) is 1. The zero-order chi connectivity index (χ0) is 20.1. The number of amides is 1. The summed E-state index contributed by atoms with van der Waals surface area (Å²) in [6, 6.07) is 11.8. The summed E-state index contributed by atoms with van der Waals surface area (Å²) in [6.07, 6.45) is 2.31. The molecule has 2 aromatic carbocycles. The Bertz CT molecular complexity index is 844. The van der Waals surface area contributed by atoms with E-state index in [0.717, 1.165) is 12.8 Å². The summed E-state index contributed by atoms with van der Waals surface area (Å²) in [5.74, 6) is 0.854. The summed E-state index contributed by atoms with van der Waals surface area (Å²) in [5, 5.41) is 8.66. The first kappa shape index (κ1) is 19.5. The van der Waals surface area contributed by atoms with E-state index < -0.39 is 12.6 Å². The Morgan fingerprint density at radius 1 is 1.07 bits per heavy atom. The van der Waals surface area contributed by atoms with Gasteiger partial charge in [-0.3, -0.25) is 4.79 Å². The van der Waals surface area contributed by atoms with E-state index in [1.165, 1.54) is 4.90 Å². The quantitative estimate of drug-likeness (QED) is 0.713. The van der Waals surface area contributed by atoms with Crippen molar-refractivity contribution in [2.45, 2.75) is 12.8 Å². The monoisotopic (exact) mass is 385 g/mol. The van der Waals surface area contributed by atoms with E-state index in [2.05, 4.69) is 0 Å². The van der Waals surface area contributed by atoms with Gasteiger partial charge in [-0.2, -0.15) is 0 Å². The molecule has 1 aliphatic carbocycles. The zero-order valence-corrected chi connectivity index (χ0v) is 15.9. The molecule has 1 saturated carbocycles. The Morgan fingerprint density at radius 2 is 1.75 bits per heavy atom. The number of methoxy groups -OCH3 is 1. The first-order chi connectivity index (χ1) is 13.5. The molecule has 1 amide bonds. The van der Waals surface area contributed by atoms with Crippen LogP contribution >= 0.6 is 0 Å². The number of carboxylic acids is 1. The number of carbonyl (C=O) groups excluding carboxylic acids is 1. The molecule has 0 atom stereocenters. The van der Waals surface area contributed by atoms with Crippen LogP contribution < -0.4 is 19.1 Å². The fraction of sp³-hybridized carbons (Fsp3) is 0.333. The average molecular weight is 385 g/mol. The van der Waals surface area contributed by atoms with Crippen LogP contribution in [0.4, 0.5) is 5.69 Å². The van der Waals surface area contributed by atoms with Gasteiger partial charge in [0.25, 0.3) is 5.91 Å². The minimum atomic E-state index is -1.05. The van der Waals surface area contributed by atoms with Crippen LogP contribution in [0.2, 0.25) is 0 Å². The lowest BCUT2D eigenvalue weighted by atomic mass is 10.1. The molecule has 3 rings (SSSR count). The van der Waals surface area contributed by atoms with Crippen LogP contribution in [0.3, 0.4) is 0 Å². The van der Waals surface area contributed by atoms with Crippen molar-refractivity contribution < 1.29 is 28.9 Å². The van der Waals surface area contributed by atoms with Gasteiger partial charge in [0.15, 0.2) is 6.61 Å². The molecule has 0 aliphatic heterocycles. The summed E-state index contributed by atoms with van der Waals surface area (Å²) < 4.78 is 16.2. The molecule has 28 heavy (non-hydrogen) atoms. The van der Waals surface area contributed by atoms with Gasteiger partial charge in [-0.15, -0.1) is 0 Å². The van der Waals surface area contributed by atoms with Gasteiger partial charge >= 0.3 is 5.97 Å². The molecule has 0 unspecified atom stereocenters. The number of aliphatic carboxylic acids is 1. The molecule has 0 aromatic heterocycles. The summed E-state index contributed by atoms with van der Waals surface area (Å²) in [6.45, 7) is 0.175. The molecule has 0 bridgehead atoms. The molecule has 2 aromatic rings. The molecule has 148 valence electrons. The van der Waals surface area contributed by atoms with E-state index in [0.29, 0.717) is 41.0 Å². The second-order valence-electron chi connectivity index (χ2n) is 6.66. The SMILES string of the molecule is COc1ccc(C(=O)N(C)c2ccc(OCC(=O)O)cc2)c(OCC2CC2)c1. The average Bonchev–Trinajstić information content (AvgIpc) is 3.54. The highest BCUT2D eigenvalue weighted by atomic mass is 16.5. The third-order valence-electron chi connectivity index (χ3n) is 4.48. The predicted octanol–water partition coefficient (Wildman–Crippen LogP) is 3.22. The van der Waals surface area contributed by atoms with Crippen molar-refractivity contribution in [1.82, 2.24) is 0 Å². The summed E-state index contributed by atoms with van der Waals surface area (Å²) in [4.78, 5) is 25.1. The Labute approximate surface area is 163 Å². The van der Waals surface area contributed by atoms with Crippen molar-refractivity contribution in [2.75, 3.05) is 32.3 Å². The van der Waals surface area contributed by atoms with E-state index >= 15 is 0 Å². The van der Waals surface area contributed by atoms with Crippen LogP contribution in [-0.2, 0) is 4.79 Å². The summed E-state index contributed by atoms with van der Waals surface area (Å²) in [7, 11) is 3.24. The topological polar surface area (TPSA) is 85.3 Å². The van der Waals surface area contributed by atoms with E-state index in [1.54, 1.807) is 56.6 Å². The Balaban J connectivity index is 1.75. The highest BCUT2D eigenvalue weighted by Gasteiger charge is 2.24. The minimum Gasteiger partial charge on any atom is -0.497 e. The standard InChI is InChI=1S/C21H23NO6/c1-22(15-5-7-16(8-6-15)27-13-20(23)24)21(25)18-10-9-17(26-2)11-19(18)28-12-14-3-4-14/h5-11,14H,3-4,12-13H2,1-2H3,(H,23,24). The normalized spacial score (nSPS) is 12.9. The first-order valence-electron chi connectivity index (χ1n) is 9.01. The number of hydrogen-bond acceptors (Lipinski definition) is 5. The van der Waals surface area contributed by atoms with Crippen molar-refractivity contribution in [3.05, 3.63) is 48.0 Å². The maximum Gasteiger partial charge on any atom is 0.341 e. The van der Waals surface area contributed by atoms with Crippen LogP contribution in [0.5, 0.6) is 17.2 Å². The molecule has 0 saturated heterocycles. The van der Waals surface area contributed by atoms with Gasteiger partial charge in [-0.05, 0) is 55.2 Å². The molecule has 7 nitrogen and oxygen atoms in total. The molecule has 1 aliphatic rings. The highest BCUT2D eigenvalue weighted by molar-refractivity contribution is 6.07. The Kier molecular flexibility index (Phi) is 6.03. The molecule has 0 radical (unpaired) electrons. The van der Waals surface area contributed by atoms with Crippen LogP contribution in [-0.4, -0.2) is 44.4 Å². The first-order valence-corrected chi connectivity index (χ1v) is 9.01. The Hall–Kier alpha value is -3.22. The predicted molar refractivity (Wildman–Crippen MR) is 104 cm³/mol. The minimum absolute atomic E-state index is 0.215. The van der Waals surface area contributed by atoms with E-state index in [1.807, 2.05) is 0 Å². The van der Waals surface area contributed by atoms with E-state index in [4.69, 9.17) is 19.3 Å². The number of carbonyl (C=O) groups is 2. The molecule has 1 fully saturated rings. The molecule has 7 heteroatoms. The van der Waals surface area contributed by atoms with E-state index in [-0.39, 0.29) is 5.91 Å². The lowest BCUT2D eigenvalue weighted by Crippen LogP contribution is -2.26. The van der Waals surface area contributed by atoms with Crippen LogP contribution in [0.1, 0.15) is 23.2 Å². The number of nitrogens with zero attached hydrogens (tertiary/aromatic N) is 1. The van der Waals surface area contributed by atoms with Gasteiger partial charge in [0.2, 0.25) is 0 Å². The van der Waals surface area contributed by atoms with Crippen molar-refractivity contribution in [3.8, 4) is 17.2 Å². The zero-order valence-electron chi connectivity index (χ0n) is 15.9. The van der Waals surface area contributed by atoms with Gasteiger partial charge in [-0.25, -0.2) is 4.79 Å². The van der Waals surface area contributed by atoms with Gasteiger partial charge in [0.05, 0.1) is 19.3 Å².